The molecule has 0 spiro atoms. The molecule has 2 fully saturated rings. The summed E-state index contributed by atoms with van der Waals surface area (Å²) in [5, 5.41) is 5.67. The zero-order valence-electron chi connectivity index (χ0n) is 13.8. The Morgan fingerprint density at radius 3 is 2.96 bits per heavy atom. The maximum Gasteiger partial charge on any atom is 0.320 e. The van der Waals surface area contributed by atoms with Gasteiger partial charge in [0.15, 0.2) is 0 Å². The molecular weight excluding hydrogens is 292 g/mol. The average molecular weight is 318 g/mol. The Morgan fingerprint density at radius 1 is 1.43 bits per heavy atom. The molecule has 1 unspecified atom stereocenters. The number of pyridine rings is 1. The van der Waals surface area contributed by atoms with Crippen molar-refractivity contribution in [2.24, 2.45) is 0 Å². The second-order valence-corrected chi connectivity index (χ2v) is 6.47. The minimum atomic E-state index is -0.199. The SMILES string of the molecule is CC1CN(CCNC(=O)Nc2ccc(C3CCC3)cn2)CCO1. The second-order valence-electron chi connectivity index (χ2n) is 6.47. The predicted octanol–water partition coefficient (Wildman–Crippen LogP) is 2.19. The molecule has 6 heteroatoms. The first-order chi connectivity index (χ1) is 11.2. The van der Waals surface area contributed by atoms with Crippen LogP contribution in [-0.2, 0) is 4.74 Å². The van der Waals surface area contributed by atoms with E-state index in [9.17, 15) is 4.79 Å². The summed E-state index contributed by atoms with van der Waals surface area (Å²) in [6.07, 6.45) is 5.99. The normalized spacial score (nSPS) is 22.4. The van der Waals surface area contributed by atoms with E-state index < -0.39 is 0 Å². The largest absolute Gasteiger partial charge is 0.376 e. The Kier molecular flexibility index (Phi) is 5.46. The van der Waals surface area contributed by atoms with Crippen molar-refractivity contribution < 1.29 is 9.53 Å². The Labute approximate surface area is 137 Å². The van der Waals surface area contributed by atoms with Crippen molar-refractivity contribution >= 4 is 11.8 Å². The maximum atomic E-state index is 11.9. The quantitative estimate of drug-likeness (QED) is 0.873. The van der Waals surface area contributed by atoms with E-state index in [1.807, 2.05) is 12.3 Å². The highest BCUT2D eigenvalue weighted by Crippen LogP contribution is 2.35. The van der Waals surface area contributed by atoms with Gasteiger partial charge in [0, 0.05) is 32.4 Å². The van der Waals surface area contributed by atoms with Crippen molar-refractivity contribution in [3.63, 3.8) is 0 Å². The number of carbonyl (C=O) groups is 1. The van der Waals surface area contributed by atoms with E-state index >= 15 is 0 Å². The number of hydrogen-bond acceptors (Lipinski definition) is 4. The van der Waals surface area contributed by atoms with Gasteiger partial charge in [-0.2, -0.15) is 0 Å². The molecule has 1 atom stereocenters. The molecule has 1 aliphatic carbocycles. The topological polar surface area (TPSA) is 66.5 Å². The van der Waals surface area contributed by atoms with Crippen LogP contribution in [0.4, 0.5) is 10.6 Å². The van der Waals surface area contributed by atoms with Crippen molar-refractivity contribution in [3.8, 4) is 0 Å². The van der Waals surface area contributed by atoms with Crippen LogP contribution in [-0.4, -0.2) is 54.8 Å². The maximum absolute atomic E-state index is 11.9. The lowest BCUT2D eigenvalue weighted by molar-refractivity contribution is -0.0174. The number of carbonyl (C=O) groups excluding carboxylic acids is 1. The summed E-state index contributed by atoms with van der Waals surface area (Å²) in [4.78, 5) is 18.5. The van der Waals surface area contributed by atoms with Crippen LogP contribution in [0.1, 0.15) is 37.7 Å². The Hall–Kier alpha value is -1.66. The monoisotopic (exact) mass is 318 g/mol. The molecule has 1 aromatic heterocycles. The molecule has 126 valence electrons. The number of nitrogens with one attached hydrogen (secondary N) is 2. The second kappa shape index (κ2) is 7.75. The van der Waals surface area contributed by atoms with Gasteiger partial charge in [0.05, 0.1) is 12.7 Å². The van der Waals surface area contributed by atoms with E-state index in [1.165, 1.54) is 24.8 Å². The third-order valence-corrected chi connectivity index (χ3v) is 4.64. The number of urea groups is 1. The van der Waals surface area contributed by atoms with Crippen LogP contribution in [0.5, 0.6) is 0 Å². The summed E-state index contributed by atoms with van der Waals surface area (Å²) >= 11 is 0. The number of rotatable bonds is 5. The zero-order chi connectivity index (χ0) is 16.1. The van der Waals surface area contributed by atoms with Crippen LogP contribution in [0.15, 0.2) is 18.3 Å². The average Bonchev–Trinajstić information content (AvgIpc) is 2.47. The summed E-state index contributed by atoms with van der Waals surface area (Å²) in [6, 6.07) is 3.76. The lowest BCUT2D eigenvalue weighted by Crippen LogP contribution is -2.45. The molecular formula is C17H26N4O2. The molecule has 0 aromatic carbocycles. The first-order valence-corrected chi connectivity index (χ1v) is 8.55. The molecule has 1 aromatic rings. The van der Waals surface area contributed by atoms with Gasteiger partial charge in [-0.05, 0) is 37.3 Å². The molecule has 2 amide bonds. The molecule has 2 aliphatic rings. The summed E-state index contributed by atoms with van der Waals surface area (Å²) in [7, 11) is 0. The molecule has 2 heterocycles. The van der Waals surface area contributed by atoms with Gasteiger partial charge in [0.1, 0.15) is 5.82 Å². The predicted molar refractivity (Wildman–Crippen MR) is 89.7 cm³/mol. The number of nitrogens with zero attached hydrogens (tertiary/aromatic N) is 2. The Bertz CT molecular complexity index is 516. The van der Waals surface area contributed by atoms with Crippen LogP contribution in [0.2, 0.25) is 0 Å². The van der Waals surface area contributed by atoms with E-state index in [0.29, 0.717) is 18.3 Å². The highest BCUT2D eigenvalue weighted by Gasteiger charge is 2.19. The molecule has 0 radical (unpaired) electrons. The van der Waals surface area contributed by atoms with Gasteiger partial charge in [0.25, 0.3) is 0 Å². The van der Waals surface area contributed by atoms with Crippen LogP contribution in [0.3, 0.4) is 0 Å². The van der Waals surface area contributed by atoms with Crippen molar-refractivity contribution in [1.82, 2.24) is 15.2 Å². The van der Waals surface area contributed by atoms with Gasteiger partial charge >= 0.3 is 6.03 Å². The fraction of sp³-hybridized carbons (Fsp3) is 0.647. The minimum Gasteiger partial charge on any atom is -0.376 e. The summed E-state index contributed by atoms with van der Waals surface area (Å²) in [5.74, 6) is 1.27. The number of hydrogen-bond donors (Lipinski definition) is 2. The van der Waals surface area contributed by atoms with Gasteiger partial charge in [-0.3, -0.25) is 10.2 Å². The number of morpholine rings is 1. The molecule has 0 bridgehead atoms. The van der Waals surface area contributed by atoms with Crippen LogP contribution >= 0.6 is 0 Å². The third-order valence-electron chi connectivity index (χ3n) is 4.64. The van der Waals surface area contributed by atoms with Crippen LogP contribution in [0, 0.1) is 0 Å². The highest BCUT2D eigenvalue weighted by atomic mass is 16.5. The third kappa shape index (κ3) is 4.65. The lowest BCUT2D eigenvalue weighted by atomic mass is 9.81. The summed E-state index contributed by atoms with van der Waals surface area (Å²) < 4.78 is 5.50. The zero-order valence-corrected chi connectivity index (χ0v) is 13.8. The lowest BCUT2D eigenvalue weighted by Gasteiger charge is -2.30. The number of ether oxygens (including phenoxy) is 1. The number of amides is 2. The van der Waals surface area contributed by atoms with Crippen molar-refractivity contribution in [2.45, 2.75) is 38.2 Å². The van der Waals surface area contributed by atoms with E-state index in [1.54, 1.807) is 0 Å². The molecule has 1 aliphatic heterocycles. The molecule has 6 nitrogen and oxygen atoms in total. The van der Waals surface area contributed by atoms with Gasteiger partial charge in [-0.25, -0.2) is 9.78 Å². The van der Waals surface area contributed by atoms with Crippen molar-refractivity contribution in [1.29, 1.82) is 0 Å². The van der Waals surface area contributed by atoms with Crippen molar-refractivity contribution in [2.75, 3.05) is 38.1 Å². The van der Waals surface area contributed by atoms with Crippen molar-refractivity contribution in [3.05, 3.63) is 23.9 Å². The van der Waals surface area contributed by atoms with Crippen LogP contribution < -0.4 is 10.6 Å². The molecule has 1 saturated carbocycles. The Balaban J connectivity index is 1.37. The van der Waals surface area contributed by atoms with Gasteiger partial charge in [0.2, 0.25) is 0 Å². The Morgan fingerprint density at radius 2 is 2.30 bits per heavy atom. The first kappa shape index (κ1) is 16.2. The standard InChI is InChI=1S/C17H26N4O2/c1-13-12-21(9-10-23-13)8-7-18-17(22)20-16-6-5-15(11-19-16)14-3-2-4-14/h5-6,11,13-14H,2-4,7-10,12H2,1H3,(H2,18,19,20,22). The summed E-state index contributed by atoms with van der Waals surface area (Å²) in [5.41, 5.74) is 1.28. The molecule has 3 rings (SSSR count). The molecule has 2 N–H and O–H groups in total. The first-order valence-electron chi connectivity index (χ1n) is 8.55. The van der Waals surface area contributed by atoms with Gasteiger partial charge in [-0.1, -0.05) is 12.5 Å². The van der Waals surface area contributed by atoms with E-state index in [4.69, 9.17) is 4.74 Å². The van der Waals surface area contributed by atoms with Gasteiger partial charge < -0.3 is 10.1 Å². The minimum absolute atomic E-state index is 0.199. The smallest absolute Gasteiger partial charge is 0.320 e. The fourth-order valence-corrected chi connectivity index (χ4v) is 3.04. The van der Waals surface area contributed by atoms with E-state index in [0.717, 1.165) is 26.2 Å². The van der Waals surface area contributed by atoms with Crippen LogP contribution in [0.25, 0.3) is 0 Å². The fourth-order valence-electron chi connectivity index (χ4n) is 3.04. The highest BCUT2D eigenvalue weighted by molar-refractivity contribution is 5.88. The molecule has 23 heavy (non-hydrogen) atoms. The number of aromatic nitrogens is 1. The summed E-state index contributed by atoms with van der Waals surface area (Å²) in [6.45, 7) is 6.16. The van der Waals surface area contributed by atoms with E-state index in [-0.39, 0.29) is 12.1 Å². The van der Waals surface area contributed by atoms with Gasteiger partial charge in [-0.15, -0.1) is 0 Å². The number of anilines is 1. The van der Waals surface area contributed by atoms with E-state index in [2.05, 4.69) is 33.5 Å². The molecule has 1 saturated heterocycles.